The Morgan fingerprint density at radius 2 is 2.17 bits per heavy atom. The van der Waals surface area contributed by atoms with E-state index in [0.717, 1.165) is 4.90 Å². The molecule has 0 bridgehead atoms. The summed E-state index contributed by atoms with van der Waals surface area (Å²) >= 11 is 0. The fourth-order valence-corrected chi connectivity index (χ4v) is 2.87. The third-order valence-electron chi connectivity index (χ3n) is 3.89. The van der Waals surface area contributed by atoms with Gasteiger partial charge in [0.15, 0.2) is 11.5 Å². The second-order valence-corrected chi connectivity index (χ2v) is 6.03. The maximum absolute atomic E-state index is 11.2. The van der Waals surface area contributed by atoms with Crippen molar-refractivity contribution in [2.24, 2.45) is 11.8 Å². The number of rotatable bonds is 4. The molecule has 0 aromatic heterocycles. The number of hydrogen-bond acceptors (Lipinski definition) is 4. The molecule has 0 aliphatic carbocycles. The molecular formula is C19H29NO3. The van der Waals surface area contributed by atoms with E-state index in [1.807, 2.05) is 0 Å². The van der Waals surface area contributed by atoms with Gasteiger partial charge in [0, 0.05) is 25.9 Å². The molecule has 1 saturated heterocycles. The first kappa shape index (κ1) is 6.57. The van der Waals surface area contributed by atoms with Gasteiger partial charge in [-0.05, 0) is 54.2 Å². The molecule has 1 aromatic rings. The van der Waals surface area contributed by atoms with E-state index >= 15 is 0 Å². The van der Waals surface area contributed by atoms with Gasteiger partial charge < -0.3 is 14.6 Å². The number of fused-ring (bicyclic) bond motifs is 3. The van der Waals surface area contributed by atoms with Crippen LogP contribution in [0.1, 0.15) is 63.0 Å². The minimum absolute atomic E-state index is 0.139. The first-order valence-corrected chi connectivity index (χ1v) is 7.44. The van der Waals surface area contributed by atoms with E-state index in [0.29, 0.717) is 0 Å². The summed E-state index contributed by atoms with van der Waals surface area (Å²) in [5.41, 5.74) is -0.584. The summed E-state index contributed by atoms with van der Waals surface area (Å²) in [7, 11) is -6.40. The van der Waals surface area contributed by atoms with Gasteiger partial charge >= 0.3 is 0 Å². The van der Waals surface area contributed by atoms with Crippen LogP contribution in [0.5, 0.6) is 11.5 Å². The molecule has 4 heteroatoms. The Kier molecular flexibility index (Phi) is 1.91. The highest BCUT2D eigenvalue weighted by atomic mass is 16.5. The van der Waals surface area contributed by atoms with E-state index in [-0.39, 0.29) is 24.9 Å². The van der Waals surface area contributed by atoms with Crippen molar-refractivity contribution in [1.82, 2.24) is 4.90 Å². The van der Waals surface area contributed by atoms with Crippen LogP contribution in [0.15, 0.2) is 12.1 Å². The Bertz CT molecular complexity index is 1070. The number of nitrogens with zero attached hydrogens (tertiary/aromatic N) is 1. The van der Waals surface area contributed by atoms with Crippen LogP contribution in [0.25, 0.3) is 0 Å². The van der Waals surface area contributed by atoms with Crippen LogP contribution < -0.4 is 9.47 Å². The molecule has 3 unspecified atom stereocenters. The Labute approximate surface area is 159 Å². The lowest BCUT2D eigenvalue weighted by Crippen LogP contribution is -2.48. The Hall–Kier alpha value is -1.26. The highest BCUT2D eigenvalue weighted by molar-refractivity contribution is 5.49. The van der Waals surface area contributed by atoms with Gasteiger partial charge in [0.1, 0.15) is 0 Å². The molecule has 128 valence electrons. The van der Waals surface area contributed by atoms with Crippen molar-refractivity contribution in [2.75, 3.05) is 27.1 Å². The third-order valence-corrected chi connectivity index (χ3v) is 3.89. The Morgan fingerprint density at radius 3 is 2.87 bits per heavy atom. The zero-order valence-electron chi connectivity index (χ0n) is 27.0. The average molecular weight is 334 g/mol. The molecule has 1 fully saturated rings. The molecule has 0 spiro atoms. The fraction of sp³-hybridized carbons (Fsp3) is 0.684. The first-order chi connectivity index (χ1) is 16.4. The SMILES string of the molecule is [2H]c1c2c(c([2H])c(OC([2H])([2H])[2H])c1OC([2H])([2H])[2H])C1N(CC2)C([2H])([2H])C([2H])(CC(C)C)C([2H])(O)C1([2H])[2H]. The molecule has 1 aromatic carbocycles. The van der Waals surface area contributed by atoms with E-state index in [4.69, 9.17) is 28.7 Å². The molecule has 0 saturated carbocycles. The van der Waals surface area contributed by atoms with Gasteiger partial charge in [-0.3, -0.25) is 4.90 Å². The number of ether oxygens (including phenoxy) is 2. The fourth-order valence-electron chi connectivity index (χ4n) is 2.87. The van der Waals surface area contributed by atoms with Crippen molar-refractivity contribution in [1.29, 1.82) is 0 Å². The second-order valence-electron chi connectivity index (χ2n) is 6.03. The van der Waals surface area contributed by atoms with Crippen LogP contribution in [-0.2, 0) is 6.42 Å². The molecule has 2 aliphatic heterocycles. The van der Waals surface area contributed by atoms with E-state index in [1.54, 1.807) is 13.8 Å². The number of aliphatic hydroxyl groups is 1. The number of piperidine rings is 1. The number of methoxy groups -OCH3 is 2. The highest BCUT2D eigenvalue weighted by Gasteiger charge is 2.38. The number of benzene rings is 1. The minimum Gasteiger partial charge on any atom is -0.493 e. The molecule has 4 nitrogen and oxygen atoms in total. The summed E-state index contributed by atoms with van der Waals surface area (Å²) in [5.74, 6) is -4.95. The first-order valence-electron chi connectivity index (χ1n) is 14.4. The van der Waals surface area contributed by atoms with Crippen molar-refractivity contribution in [3.05, 3.63) is 23.2 Å². The van der Waals surface area contributed by atoms with E-state index in [2.05, 4.69) is 0 Å². The standard InChI is InChI=1S/C19H29NO3/c1-12(2)7-14-11-20-6-5-13-8-18(22-3)19(23-4)9-15(13)16(20)10-17(14)21/h8-9,12,14,16-17,21H,5-7,10-11H2,1-4H3/i3D3,4D3,8D,9D,10D2,11D2,14D,17D. The topological polar surface area (TPSA) is 41.9 Å². The molecule has 3 rings (SSSR count). The summed E-state index contributed by atoms with van der Waals surface area (Å²) < 4.78 is 124. The van der Waals surface area contributed by atoms with Crippen molar-refractivity contribution in [3.63, 3.8) is 0 Å². The van der Waals surface area contributed by atoms with Gasteiger partial charge in [0.05, 0.1) is 32.5 Å². The van der Waals surface area contributed by atoms with Crippen LogP contribution in [0, 0.1) is 11.8 Å². The second kappa shape index (κ2) is 6.70. The van der Waals surface area contributed by atoms with Gasteiger partial charge in [-0.25, -0.2) is 0 Å². The van der Waals surface area contributed by atoms with Crippen molar-refractivity contribution < 1.29 is 33.8 Å². The lowest BCUT2D eigenvalue weighted by atomic mass is 9.79. The van der Waals surface area contributed by atoms with Crippen LogP contribution in [0.4, 0.5) is 0 Å². The molecule has 0 amide bonds. The Morgan fingerprint density at radius 1 is 1.43 bits per heavy atom. The molecule has 2 heterocycles. The van der Waals surface area contributed by atoms with Crippen LogP contribution >= 0.6 is 0 Å². The summed E-state index contributed by atoms with van der Waals surface area (Å²) in [6.45, 7) is 0.149. The van der Waals surface area contributed by atoms with Crippen molar-refractivity contribution in [2.45, 2.75) is 45.2 Å². The smallest absolute Gasteiger partial charge is 0.161 e. The molecule has 23 heavy (non-hydrogen) atoms. The predicted octanol–water partition coefficient (Wildman–Crippen LogP) is 3.03. The molecule has 0 radical (unpaired) electrons. The summed E-state index contributed by atoms with van der Waals surface area (Å²) in [4.78, 5) is 0.911. The monoisotopic (exact) mass is 333 g/mol. The Balaban J connectivity index is 2.38. The molecule has 2 aliphatic rings. The van der Waals surface area contributed by atoms with Gasteiger partial charge in [-0.1, -0.05) is 13.8 Å². The maximum Gasteiger partial charge on any atom is 0.161 e. The number of hydrogen-bond donors (Lipinski definition) is 1. The highest BCUT2D eigenvalue weighted by Crippen LogP contribution is 2.43. The van der Waals surface area contributed by atoms with E-state index < -0.39 is 80.0 Å². The zero-order valence-corrected chi connectivity index (χ0v) is 13.0. The van der Waals surface area contributed by atoms with Gasteiger partial charge in [0.25, 0.3) is 0 Å². The minimum atomic E-state index is -3.36. The molecule has 1 N–H and O–H groups in total. The quantitative estimate of drug-likeness (QED) is 0.920. The summed E-state index contributed by atoms with van der Waals surface area (Å²) in [5, 5.41) is 11.2. The largest absolute Gasteiger partial charge is 0.493 e. The van der Waals surface area contributed by atoms with Crippen LogP contribution in [0.2, 0.25) is 0 Å². The van der Waals surface area contributed by atoms with Gasteiger partial charge in [0.2, 0.25) is 0 Å². The lowest BCUT2D eigenvalue weighted by Gasteiger charge is -2.46. The average Bonchev–Trinajstić information content (AvgIpc) is 2.70. The van der Waals surface area contributed by atoms with Gasteiger partial charge in [-0.2, -0.15) is 0 Å². The van der Waals surface area contributed by atoms with Crippen LogP contribution in [-0.4, -0.2) is 43.2 Å². The molecular weight excluding hydrogens is 290 g/mol. The third kappa shape index (κ3) is 3.20. The zero-order chi connectivity index (χ0) is 28.7. The van der Waals surface area contributed by atoms with E-state index in [9.17, 15) is 5.11 Å². The lowest BCUT2D eigenvalue weighted by molar-refractivity contribution is -0.0191. The summed E-state index contributed by atoms with van der Waals surface area (Å²) in [6, 6.07) is -3.50. The molecule has 3 atom stereocenters. The van der Waals surface area contributed by atoms with Gasteiger partial charge in [-0.15, -0.1) is 0 Å². The summed E-state index contributed by atoms with van der Waals surface area (Å²) in [6.07, 6.45) is -7.08. The van der Waals surface area contributed by atoms with Crippen molar-refractivity contribution >= 4 is 0 Å². The van der Waals surface area contributed by atoms with Crippen molar-refractivity contribution in [3.8, 4) is 11.5 Å². The van der Waals surface area contributed by atoms with Crippen LogP contribution in [0.3, 0.4) is 0 Å². The van der Waals surface area contributed by atoms with E-state index in [1.165, 1.54) is 0 Å². The maximum atomic E-state index is 11.2. The predicted molar refractivity (Wildman–Crippen MR) is 91.1 cm³/mol. The normalized spacial score (nSPS) is 48.3.